The van der Waals surface area contributed by atoms with Crippen LogP contribution in [0.3, 0.4) is 0 Å². The van der Waals surface area contributed by atoms with Gasteiger partial charge in [0.25, 0.3) is 0 Å². The standard InChI is InChI=1S/C19H24N2O2.ClH/c1-3-21(4-2)14-18(15-8-6-5-7-9-15)23-19(22)16-10-12-17(20)13-11-16;/h5-13,18H,3-4,14,20H2,1-2H3;1H. The zero-order valence-corrected chi connectivity index (χ0v) is 15.0. The average Bonchev–Trinajstić information content (AvgIpc) is 2.59. The van der Waals surface area contributed by atoms with Crippen molar-refractivity contribution in [1.82, 2.24) is 4.90 Å². The number of esters is 1. The highest BCUT2D eigenvalue weighted by atomic mass is 35.5. The molecule has 0 aliphatic carbocycles. The van der Waals surface area contributed by atoms with Crippen LogP contribution in [0.5, 0.6) is 0 Å². The van der Waals surface area contributed by atoms with Gasteiger partial charge in [-0.15, -0.1) is 12.4 Å². The van der Waals surface area contributed by atoms with Crippen LogP contribution in [0.15, 0.2) is 54.6 Å². The molecule has 0 radical (unpaired) electrons. The summed E-state index contributed by atoms with van der Waals surface area (Å²) in [5, 5.41) is 0. The van der Waals surface area contributed by atoms with Crippen LogP contribution in [0.4, 0.5) is 5.69 Å². The lowest BCUT2D eigenvalue weighted by Crippen LogP contribution is -2.30. The SMILES string of the molecule is CCN(CC)CC(OC(=O)c1ccc(N)cc1)c1ccccc1.Cl. The van der Waals surface area contributed by atoms with Crippen molar-refractivity contribution in [2.75, 3.05) is 25.4 Å². The molecule has 0 fully saturated rings. The van der Waals surface area contributed by atoms with Crippen LogP contribution >= 0.6 is 12.4 Å². The van der Waals surface area contributed by atoms with Gasteiger partial charge in [-0.05, 0) is 42.9 Å². The fraction of sp³-hybridized carbons (Fsp3) is 0.316. The van der Waals surface area contributed by atoms with Crippen molar-refractivity contribution >= 4 is 24.1 Å². The van der Waals surface area contributed by atoms with Gasteiger partial charge in [-0.3, -0.25) is 4.90 Å². The molecule has 0 saturated heterocycles. The highest BCUT2D eigenvalue weighted by molar-refractivity contribution is 5.89. The number of carbonyl (C=O) groups excluding carboxylic acids is 1. The first kappa shape index (κ1) is 20.0. The quantitative estimate of drug-likeness (QED) is 0.608. The minimum Gasteiger partial charge on any atom is -0.453 e. The zero-order valence-electron chi connectivity index (χ0n) is 14.1. The van der Waals surface area contributed by atoms with E-state index in [1.807, 2.05) is 30.3 Å². The smallest absolute Gasteiger partial charge is 0.338 e. The van der Waals surface area contributed by atoms with Crippen LogP contribution in [0, 0.1) is 0 Å². The highest BCUT2D eigenvalue weighted by Gasteiger charge is 2.20. The van der Waals surface area contributed by atoms with Crippen LogP contribution in [0.1, 0.15) is 35.9 Å². The number of hydrogen-bond acceptors (Lipinski definition) is 4. The molecule has 0 spiro atoms. The second-order valence-electron chi connectivity index (χ2n) is 5.41. The molecular weight excluding hydrogens is 324 g/mol. The van der Waals surface area contributed by atoms with E-state index in [-0.39, 0.29) is 24.5 Å². The molecule has 1 atom stereocenters. The molecule has 0 saturated carbocycles. The molecule has 5 heteroatoms. The minimum absolute atomic E-state index is 0. The molecule has 0 bridgehead atoms. The molecule has 24 heavy (non-hydrogen) atoms. The molecule has 2 N–H and O–H groups in total. The summed E-state index contributed by atoms with van der Waals surface area (Å²) in [7, 11) is 0. The number of benzene rings is 2. The molecule has 0 aliphatic rings. The number of carbonyl (C=O) groups is 1. The predicted molar refractivity (Wildman–Crippen MR) is 100 cm³/mol. The maximum atomic E-state index is 12.4. The lowest BCUT2D eigenvalue weighted by Gasteiger charge is -2.25. The first-order valence-corrected chi connectivity index (χ1v) is 7.97. The monoisotopic (exact) mass is 348 g/mol. The lowest BCUT2D eigenvalue weighted by atomic mass is 10.1. The highest BCUT2D eigenvalue weighted by Crippen LogP contribution is 2.21. The van der Waals surface area contributed by atoms with E-state index in [1.165, 1.54) is 0 Å². The van der Waals surface area contributed by atoms with Gasteiger partial charge in [0, 0.05) is 12.2 Å². The molecule has 2 aromatic rings. The van der Waals surface area contributed by atoms with Gasteiger partial charge < -0.3 is 10.5 Å². The maximum absolute atomic E-state index is 12.4. The van der Waals surface area contributed by atoms with E-state index in [4.69, 9.17) is 10.5 Å². The number of nitrogen functional groups attached to an aromatic ring is 1. The molecule has 2 aromatic carbocycles. The molecule has 130 valence electrons. The fourth-order valence-corrected chi connectivity index (χ4v) is 2.41. The molecule has 0 aromatic heterocycles. The summed E-state index contributed by atoms with van der Waals surface area (Å²) in [6, 6.07) is 16.7. The molecule has 2 rings (SSSR count). The van der Waals surface area contributed by atoms with Gasteiger partial charge in [-0.1, -0.05) is 44.2 Å². The van der Waals surface area contributed by atoms with Crippen LogP contribution < -0.4 is 5.73 Å². The molecule has 1 unspecified atom stereocenters. The number of nitrogens with zero attached hydrogens (tertiary/aromatic N) is 1. The fourth-order valence-electron chi connectivity index (χ4n) is 2.41. The molecule has 0 heterocycles. The molecular formula is C19H25ClN2O2. The second-order valence-corrected chi connectivity index (χ2v) is 5.41. The van der Waals surface area contributed by atoms with Gasteiger partial charge in [0.05, 0.1) is 5.56 Å². The van der Waals surface area contributed by atoms with E-state index >= 15 is 0 Å². The van der Waals surface area contributed by atoms with Crippen molar-refractivity contribution in [3.63, 3.8) is 0 Å². The van der Waals surface area contributed by atoms with E-state index < -0.39 is 0 Å². The van der Waals surface area contributed by atoms with Gasteiger partial charge in [0.1, 0.15) is 6.10 Å². The zero-order chi connectivity index (χ0) is 16.7. The Labute approximate surface area is 150 Å². The number of ether oxygens (including phenoxy) is 1. The van der Waals surface area contributed by atoms with E-state index in [0.29, 0.717) is 17.8 Å². The Kier molecular flexibility index (Phi) is 8.30. The van der Waals surface area contributed by atoms with Crippen molar-refractivity contribution in [2.45, 2.75) is 20.0 Å². The third-order valence-corrected chi connectivity index (χ3v) is 3.89. The van der Waals surface area contributed by atoms with Gasteiger partial charge >= 0.3 is 5.97 Å². The number of halogens is 1. The molecule has 0 amide bonds. The summed E-state index contributed by atoms with van der Waals surface area (Å²) in [4.78, 5) is 14.7. The number of anilines is 1. The number of likely N-dealkylation sites (N-methyl/N-ethyl adjacent to an activating group) is 1. The third-order valence-electron chi connectivity index (χ3n) is 3.89. The Morgan fingerprint density at radius 3 is 2.17 bits per heavy atom. The average molecular weight is 349 g/mol. The first-order valence-electron chi connectivity index (χ1n) is 7.97. The van der Waals surface area contributed by atoms with Crippen LogP contribution in [0.2, 0.25) is 0 Å². The normalized spacial score (nSPS) is 11.6. The van der Waals surface area contributed by atoms with Crippen LogP contribution in [-0.4, -0.2) is 30.5 Å². The van der Waals surface area contributed by atoms with Crippen molar-refractivity contribution in [3.05, 3.63) is 65.7 Å². The Hall–Kier alpha value is -2.04. The second kappa shape index (κ2) is 9.96. The number of nitrogens with two attached hydrogens (primary N) is 1. The maximum Gasteiger partial charge on any atom is 0.338 e. The largest absolute Gasteiger partial charge is 0.453 e. The van der Waals surface area contributed by atoms with E-state index in [9.17, 15) is 4.79 Å². The van der Waals surface area contributed by atoms with Crippen LogP contribution in [-0.2, 0) is 4.74 Å². The minimum atomic E-state index is -0.328. The third kappa shape index (κ3) is 5.55. The topological polar surface area (TPSA) is 55.6 Å². The summed E-state index contributed by atoms with van der Waals surface area (Å²) < 4.78 is 5.78. The van der Waals surface area contributed by atoms with Gasteiger partial charge in [-0.2, -0.15) is 0 Å². The summed E-state index contributed by atoms with van der Waals surface area (Å²) in [5.41, 5.74) is 7.81. The Morgan fingerprint density at radius 2 is 1.62 bits per heavy atom. The number of rotatable bonds is 7. The summed E-state index contributed by atoms with van der Waals surface area (Å²) in [6.07, 6.45) is -0.291. The van der Waals surface area contributed by atoms with Crippen LogP contribution in [0.25, 0.3) is 0 Å². The molecule has 0 aliphatic heterocycles. The Balaban J connectivity index is 0.00000288. The lowest BCUT2D eigenvalue weighted by molar-refractivity contribution is 0.0204. The summed E-state index contributed by atoms with van der Waals surface area (Å²) in [5.74, 6) is -0.328. The number of hydrogen-bond donors (Lipinski definition) is 1. The van der Waals surface area contributed by atoms with Crippen molar-refractivity contribution in [2.24, 2.45) is 0 Å². The van der Waals surface area contributed by atoms with Crippen molar-refractivity contribution < 1.29 is 9.53 Å². The Morgan fingerprint density at radius 1 is 1.04 bits per heavy atom. The molecule has 4 nitrogen and oxygen atoms in total. The van der Waals surface area contributed by atoms with Crippen molar-refractivity contribution in [3.8, 4) is 0 Å². The Bertz CT molecular complexity index is 613. The van der Waals surface area contributed by atoms with Crippen molar-refractivity contribution in [1.29, 1.82) is 0 Å². The summed E-state index contributed by atoms with van der Waals surface area (Å²) >= 11 is 0. The predicted octanol–water partition coefficient (Wildman–Crippen LogP) is 3.93. The van der Waals surface area contributed by atoms with Gasteiger partial charge in [0.2, 0.25) is 0 Å². The van der Waals surface area contributed by atoms with Gasteiger partial charge in [0.15, 0.2) is 0 Å². The van der Waals surface area contributed by atoms with E-state index in [0.717, 1.165) is 18.7 Å². The first-order chi connectivity index (χ1) is 11.1. The van der Waals surface area contributed by atoms with Gasteiger partial charge in [-0.25, -0.2) is 4.79 Å². The van der Waals surface area contributed by atoms with E-state index in [2.05, 4.69) is 18.7 Å². The van der Waals surface area contributed by atoms with E-state index in [1.54, 1.807) is 24.3 Å². The summed E-state index contributed by atoms with van der Waals surface area (Å²) in [6.45, 7) is 6.72.